The lowest BCUT2D eigenvalue weighted by molar-refractivity contribution is -0.121. The number of fused-ring (bicyclic) bond motifs is 1. The molecule has 3 aromatic rings. The van der Waals surface area contributed by atoms with Gasteiger partial charge in [0, 0.05) is 5.39 Å². The molecule has 1 amide bonds. The molecule has 0 bridgehead atoms. The molecule has 2 aromatic carbocycles. The van der Waals surface area contributed by atoms with Crippen LogP contribution in [0.1, 0.15) is 17.3 Å². The first-order chi connectivity index (χ1) is 12.0. The number of aromatic nitrogens is 2. The van der Waals surface area contributed by atoms with Gasteiger partial charge in [-0.15, -0.1) is 0 Å². The highest BCUT2D eigenvalue weighted by Gasteiger charge is 2.19. The van der Waals surface area contributed by atoms with E-state index in [1.54, 1.807) is 18.2 Å². The van der Waals surface area contributed by atoms with E-state index in [4.69, 9.17) is 0 Å². The second-order valence-corrected chi connectivity index (χ2v) is 5.50. The largest absolute Gasteiger partial charge is 0.394 e. The van der Waals surface area contributed by atoms with Crippen LogP contribution in [-0.2, 0) is 11.2 Å². The van der Waals surface area contributed by atoms with E-state index in [1.165, 1.54) is 0 Å². The summed E-state index contributed by atoms with van der Waals surface area (Å²) in [6.07, 6.45) is -0.0663. The molecule has 0 saturated carbocycles. The van der Waals surface area contributed by atoms with Crippen molar-refractivity contribution >= 4 is 16.8 Å². The number of hydrogen-bond acceptors (Lipinski definition) is 3. The molecule has 25 heavy (non-hydrogen) atoms. The summed E-state index contributed by atoms with van der Waals surface area (Å²) in [6.45, 7) is -0.597. The Bertz CT molecular complexity index is 903. The van der Waals surface area contributed by atoms with Crippen molar-refractivity contribution in [2.45, 2.75) is 12.5 Å². The van der Waals surface area contributed by atoms with Crippen LogP contribution in [0, 0.1) is 17.5 Å². The molecule has 8 heteroatoms. The topological polar surface area (TPSA) is 78.0 Å². The van der Waals surface area contributed by atoms with Crippen molar-refractivity contribution in [3.63, 3.8) is 0 Å². The predicted octanol–water partition coefficient (Wildman–Crippen LogP) is 2.37. The van der Waals surface area contributed by atoms with Crippen LogP contribution in [0.4, 0.5) is 13.2 Å². The van der Waals surface area contributed by atoms with Gasteiger partial charge in [0.1, 0.15) is 0 Å². The fraction of sp³-hybridized carbons (Fsp3) is 0.176. The first-order valence-electron chi connectivity index (χ1n) is 7.46. The first-order valence-corrected chi connectivity index (χ1v) is 7.46. The van der Waals surface area contributed by atoms with Crippen molar-refractivity contribution in [3.05, 3.63) is 65.1 Å². The Morgan fingerprint density at radius 2 is 1.88 bits per heavy atom. The lowest BCUT2D eigenvalue weighted by Gasteiger charge is -2.17. The minimum atomic E-state index is -1.60. The van der Waals surface area contributed by atoms with Crippen LogP contribution >= 0.6 is 0 Å². The molecule has 130 valence electrons. The second-order valence-electron chi connectivity index (χ2n) is 5.50. The van der Waals surface area contributed by atoms with Crippen LogP contribution in [0.25, 0.3) is 10.9 Å². The monoisotopic (exact) mass is 349 g/mol. The van der Waals surface area contributed by atoms with Gasteiger partial charge in [-0.25, -0.2) is 13.2 Å². The average Bonchev–Trinajstić information content (AvgIpc) is 3.00. The number of aliphatic hydroxyl groups excluding tert-OH is 1. The number of nitrogens with one attached hydrogen (secondary N) is 2. The zero-order chi connectivity index (χ0) is 18.0. The Morgan fingerprint density at radius 3 is 2.56 bits per heavy atom. The number of para-hydroxylation sites is 1. The Morgan fingerprint density at radius 1 is 1.20 bits per heavy atom. The smallest absolute Gasteiger partial charge is 0.226 e. The summed E-state index contributed by atoms with van der Waals surface area (Å²) in [5, 5.41) is 19.5. The Labute approximate surface area is 140 Å². The van der Waals surface area contributed by atoms with Crippen LogP contribution in [0.3, 0.4) is 0 Å². The lowest BCUT2D eigenvalue weighted by atomic mass is 10.1. The van der Waals surface area contributed by atoms with E-state index in [9.17, 15) is 23.1 Å². The number of amides is 1. The minimum absolute atomic E-state index is 0.0663. The number of halogens is 3. The predicted molar refractivity (Wildman–Crippen MR) is 84.1 cm³/mol. The molecule has 1 heterocycles. The highest BCUT2D eigenvalue weighted by molar-refractivity contribution is 5.87. The molecule has 0 aliphatic heterocycles. The van der Waals surface area contributed by atoms with Gasteiger partial charge in [-0.1, -0.05) is 18.2 Å². The number of nitrogens with zero attached hydrogens (tertiary/aromatic N) is 1. The third-order valence-electron chi connectivity index (χ3n) is 3.80. The molecular formula is C17H14F3N3O2. The number of rotatable bonds is 5. The van der Waals surface area contributed by atoms with E-state index in [0.29, 0.717) is 11.2 Å². The Hall–Kier alpha value is -2.87. The van der Waals surface area contributed by atoms with Gasteiger partial charge in [0.15, 0.2) is 17.5 Å². The quantitative estimate of drug-likeness (QED) is 0.619. The third kappa shape index (κ3) is 3.48. The van der Waals surface area contributed by atoms with Gasteiger partial charge in [0.05, 0.1) is 30.3 Å². The normalized spacial score (nSPS) is 12.3. The number of hydrogen-bond donors (Lipinski definition) is 3. The molecule has 0 aliphatic rings. The number of carbonyl (C=O) groups is 1. The van der Waals surface area contributed by atoms with E-state index >= 15 is 0 Å². The Kier molecular flexibility index (Phi) is 4.71. The second kappa shape index (κ2) is 6.94. The van der Waals surface area contributed by atoms with Crippen molar-refractivity contribution < 1.29 is 23.1 Å². The number of benzene rings is 2. The summed E-state index contributed by atoms with van der Waals surface area (Å²) in [4.78, 5) is 12.2. The molecule has 1 aromatic heterocycles. The van der Waals surface area contributed by atoms with Gasteiger partial charge in [-0.3, -0.25) is 9.89 Å². The molecule has 5 nitrogen and oxygen atoms in total. The molecule has 0 fully saturated rings. The van der Waals surface area contributed by atoms with Crippen LogP contribution in [0.2, 0.25) is 0 Å². The van der Waals surface area contributed by atoms with Crippen molar-refractivity contribution in [3.8, 4) is 0 Å². The SMILES string of the molecule is O=C(Cc1[nH]nc2ccccc12)NC(CO)c1cc(F)c(F)c(F)c1. The third-order valence-corrected chi connectivity index (χ3v) is 3.80. The van der Waals surface area contributed by atoms with Gasteiger partial charge in [0.25, 0.3) is 0 Å². The summed E-state index contributed by atoms with van der Waals surface area (Å²) in [5.74, 6) is -4.86. The zero-order valence-electron chi connectivity index (χ0n) is 12.9. The molecule has 3 rings (SSSR count). The van der Waals surface area contributed by atoms with Crippen LogP contribution < -0.4 is 5.32 Å². The molecule has 0 radical (unpaired) electrons. The van der Waals surface area contributed by atoms with Crippen LogP contribution in [-0.4, -0.2) is 27.8 Å². The van der Waals surface area contributed by atoms with Crippen molar-refractivity contribution in [1.82, 2.24) is 15.5 Å². The van der Waals surface area contributed by atoms with Crippen molar-refractivity contribution in [2.75, 3.05) is 6.61 Å². The van der Waals surface area contributed by atoms with E-state index in [0.717, 1.165) is 17.5 Å². The highest BCUT2D eigenvalue weighted by atomic mass is 19.2. The maximum Gasteiger partial charge on any atom is 0.226 e. The van der Waals surface area contributed by atoms with E-state index < -0.39 is 36.0 Å². The number of aromatic amines is 1. The maximum atomic E-state index is 13.3. The number of aliphatic hydroxyl groups is 1. The lowest BCUT2D eigenvalue weighted by Crippen LogP contribution is -2.32. The highest BCUT2D eigenvalue weighted by Crippen LogP contribution is 2.20. The first kappa shape index (κ1) is 17.0. The van der Waals surface area contributed by atoms with Gasteiger partial charge < -0.3 is 10.4 Å². The van der Waals surface area contributed by atoms with Gasteiger partial charge >= 0.3 is 0 Å². The number of carbonyl (C=O) groups excluding carboxylic acids is 1. The molecule has 1 unspecified atom stereocenters. The fourth-order valence-corrected chi connectivity index (χ4v) is 2.57. The van der Waals surface area contributed by atoms with E-state index in [2.05, 4.69) is 15.5 Å². The van der Waals surface area contributed by atoms with Crippen LogP contribution in [0.15, 0.2) is 36.4 Å². The minimum Gasteiger partial charge on any atom is -0.394 e. The molecule has 3 N–H and O–H groups in total. The van der Waals surface area contributed by atoms with Crippen molar-refractivity contribution in [1.29, 1.82) is 0 Å². The van der Waals surface area contributed by atoms with Gasteiger partial charge in [0.2, 0.25) is 5.91 Å². The Balaban J connectivity index is 1.76. The maximum absolute atomic E-state index is 13.3. The average molecular weight is 349 g/mol. The summed E-state index contributed by atoms with van der Waals surface area (Å²) in [6, 6.07) is 7.62. The summed E-state index contributed by atoms with van der Waals surface area (Å²) >= 11 is 0. The zero-order valence-corrected chi connectivity index (χ0v) is 12.9. The molecule has 0 aliphatic carbocycles. The summed E-state index contributed by atoms with van der Waals surface area (Å²) in [5.41, 5.74) is 1.20. The standard InChI is InChI=1S/C17H14F3N3O2/c18-11-5-9(6-12(19)17(11)20)15(8-24)21-16(25)7-14-10-3-1-2-4-13(10)22-23-14/h1-6,15,24H,7-8H2,(H,21,25)(H,22,23). The fourth-order valence-electron chi connectivity index (χ4n) is 2.57. The van der Waals surface area contributed by atoms with E-state index in [1.807, 2.05) is 6.07 Å². The molecular weight excluding hydrogens is 335 g/mol. The summed E-state index contributed by atoms with van der Waals surface area (Å²) < 4.78 is 39.7. The van der Waals surface area contributed by atoms with Gasteiger partial charge in [-0.05, 0) is 23.8 Å². The van der Waals surface area contributed by atoms with Crippen molar-refractivity contribution in [2.24, 2.45) is 0 Å². The van der Waals surface area contributed by atoms with E-state index in [-0.39, 0.29) is 12.0 Å². The molecule has 1 atom stereocenters. The molecule has 0 spiro atoms. The molecule has 0 saturated heterocycles. The summed E-state index contributed by atoms with van der Waals surface area (Å²) in [7, 11) is 0. The van der Waals surface area contributed by atoms with Crippen LogP contribution in [0.5, 0.6) is 0 Å². The number of H-pyrrole nitrogens is 1. The van der Waals surface area contributed by atoms with Gasteiger partial charge in [-0.2, -0.15) is 5.10 Å².